The molecule has 1 unspecified atom stereocenters. The van der Waals surface area contributed by atoms with Gasteiger partial charge in [-0.2, -0.15) is 0 Å². The van der Waals surface area contributed by atoms with Gasteiger partial charge in [-0.3, -0.25) is 4.79 Å². The Morgan fingerprint density at radius 3 is 2.65 bits per heavy atom. The lowest BCUT2D eigenvalue weighted by Crippen LogP contribution is -2.43. The van der Waals surface area contributed by atoms with E-state index in [2.05, 4.69) is 40.4 Å². The largest absolute Gasteiger partial charge is 0.496 e. The molecule has 0 radical (unpaired) electrons. The molecule has 1 aromatic rings. The Balaban J connectivity index is 2.76. The second kappa shape index (κ2) is 8.27. The minimum atomic E-state index is -0.191. The minimum absolute atomic E-state index is 0.0210. The molecule has 1 aromatic carbocycles. The van der Waals surface area contributed by atoms with Gasteiger partial charge in [-0.05, 0) is 30.5 Å². The number of halogens is 1. The second-order valence-electron chi connectivity index (χ2n) is 5.13. The molecule has 4 nitrogen and oxygen atoms in total. The molecule has 0 aliphatic rings. The van der Waals surface area contributed by atoms with Gasteiger partial charge in [-0.15, -0.1) is 0 Å². The number of likely N-dealkylation sites (N-methyl/N-ethyl adjacent to an activating group) is 1. The lowest BCUT2D eigenvalue weighted by molar-refractivity contribution is -0.123. The first kappa shape index (κ1) is 17.0. The van der Waals surface area contributed by atoms with Crippen LogP contribution in [0.1, 0.15) is 25.8 Å². The third kappa shape index (κ3) is 5.13. The van der Waals surface area contributed by atoms with Gasteiger partial charge in [-0.1, -0.05) is 29.8 Å². The molecule has 0 bridgehead atoms. The fourth-order valence-corrected chi connectivity index (χ4v) is 2.46. The molecule has 0 saturated carbocycles. The number of carbonyl (C=O) groups excluding carboxylic acids is 1. The van der Waals surface area contributed by atoms with Crippen molar-refractivity contribution in [3.8, 4) is 5.75 Å². The normalized spacial score (nSPS) is 12.3. The average Bonchev–Trinajstić information content (AvgIpc) is 2.42. The van der Waals surface area contributed by atoms with E-state index in [0.717, 1.165) is 22.2 Å². The van der Waals surface area contributed by atoms with Gasteiger partial charge in [0, 0.05) is 23.6 Å². The van der Waals surface area contributed by atoms with Crippen molar-refractivity contribution in [2.45, 2.75) is 32.9 Å². The summed E-state index contributed by atoms with van der Waals surface area (Å²) in [5, 5.41) is 6.01. The molecule has 1 atom stereocenters. The van der Waals surface area contributed by atoms with Gasteiger partial charge in [0.25, 0.3) is 0 Å². The number of hydrogen-bond donors (Lipinski definition) is 2. The minimum Gasteiger partial charge on any atom is -0.496 e. The standard InChI is InChI=1S/C15H23BrN2O2/c1-10(2)7-13(15(19)17-3)18-9-11-8-12(16)5-6-14(11)20-4/h5-6,8,10,13,18H,7,9H2,1-4H3,(H,17,19). The van der Waals surface area contributed by atoms with Gasteiger partial charge in [0.05, 0.1) is 13.2 Å². The van der Waals surface area contributed by atoms with E-state index in [0.29, 0.717) is 12.5 Å². The molecule has 5 heteroatoms. The fourth-order valence-electron chi connectivity index (χ4n) is 2.05. The smallest absolute Gasteiger partial charge is 0.236 e. The highest BCUT2D eigenvalue weighted by Crippen LogP contribution is 2.23. The Morgan fingerprint density at radius 2 is 2.10 bits per heavy atom. The number of nitrogens with one attached hydrogen (secondary N) is 2. The SMILES string of the molecule is CNC(=O)C(CC(C)C)NCc1cc(Br)ccc1OC. The highest BCUT2D eigenvalue weighted by Gasteiger charge is 2.18. The zero-order valence-electron chi connectivity index (χ0n) is 12.5. The molecule has 0 spiro atoms. The molecule has 0 aliphatic carbocycles. The predicted molar refractivity (Wildman–Crippen MR) is 84.8 cm³/mol. The Hall–Kier alpha value is -1.07. The van der Waals surface area contributed by atoms with Crippen LogP contribution < -0.4 is 15.4 Å². The molecule has 0 aliphatic heterocycles. The maximum Gasteiger partial charge on any atom is 0.236 e. The molecule has 2 N–H and O–H groups in total. The molecular weight excluding hydrogens is 320 g/mol. The van der Waals surface area contributed by atoms with Crippen LogP contribution in [0.4, 0.5) is 0 Å². The van der Waals surface area contributed by atoms with Gasteiger partial charge < -0.3 is 15.4 Å². The first-order valence-electron chi connectivity index (χ1n) is 6.75. The highest BCUT2D eigenvalue weighted by atomic mass is 79.9. The number of methoxy groups -OCH3 is 1. The van der Waals surface area contributed by atoms with Crippen molar-refractivity contribution in [2.24, 2.45) is 5.92 Å². The van der Waals surface area contributed by atoms with Crippen molar-refractivity contribution in [1.29, 1.82) is 0 Å². The maximum absolute atomic E-state index is 11.9. The van der Waals surface area contributed by atoms with Crippen molar-refractivity contribution in [3.63, 3.8) is 0 Å². The van der Waals surface area contributed by atoms with E-state index >= 15 is 0 Å². The molecule has 1 rings (SSSR count). The Morgan fingerprint density at radius 1 is 1.40 bits per heavy atom. The van der Waals surface area contributed by atoms with E-state index < -0.39 is 0 Å². The van der Waals surface area contributed by atoms with Gasteiger partial charge >= 0.3 is 0 Å². The number of benzene rings is 1. The van der Waals surface area contributed by atoms with Crippen LogP contribution in [-0.4, -0.2) is 26.1 Å². The summed E-state index contributed by atoms with van der Waals surface area (Å²) in [6, 6.07) is 5.66. The van der Waals surface area contributed by atoms with Crippen molar-refractivity contribution in [1.82, 2.24) is 10.6 Å². The van der Waals surface area contributed by atoms with Crippen LogP contribution in [0.25, 0.3) is 0 Å². The van der Waals surface area contributed by atoms with E-state index in [4.69, 9.17) is 4.74 Å². The van der Waals surface area contributed by atoms with Crippen LogP contribution in [0, 0.1) is 5.92 Å². The van der Waals surface area contributed by atoms with E-state index in [9.17, 15) is 4.79 Å². The summed E-state index contributed by atoms with van der Waals surface area (Å²) in [6.45, 7) is 4.81. The fraction of sp³-hybridized carbons (Fsp3) is 0.533. The molecule has 0 heterocycles. The topological polar surface area (TPSA) is 50.4 Å². The summed E-state index contributed by atoms with van der Waals surface area (Å²) in [4.78, 5) is 11.9. The molecule has 0 fully saturated rings. The van der Waals surface area contributed by atoms with Crippen LogP contribution in [-0.2, 0) is 11.3 Å². The number of rotatable bonds is 7. The monoisotopic (exact) mass is 342 g/mol. The van der Waals surface area contributed by atoms with Crippen LogP contribution in [0.15, 0.2) is 22.7 Å². The van der Waals surface area contributed by atoms with Crippen LogP contribution in [0.5, 0.6) is 5.75 Å². The summed E-state index contributed by atoms with van der Waals surface area (Å²) in [5.41, 5.74) is 1.03. The average molecular weight is 343 g/mol. The number of ether oxygens (including phenoxy) is 1. The molecular formula is C15H23BrN2O2. The number of carbonyl (C=O) groups is 1. The van der Waals surface area contributed by atoms with Crippen molar-refractivity contribution >= 4 is 21.8 Å². The molecule has 0 aromatic heterocycles. The van der Waals surface area contributed by atoms with Crippen LogP contribution in [0.2, 0.25) is 0 Å². The van der Waals surface area contributed by atoms with Crippen molar-refractivity contribution in [3.05, 3.63) is 28.2 Å². The predicted octanol–water partition coefficient (Wildman–Crippen LogP) is 2.71. The second-order valence-corrected chi connectivity index (χ2v) is 6.05. The quantitative estimate of drug-likeness (QED) is 0.800. The lowest BCUT2D eigenvalue weighted by Gasteiger charge is -2.20. The van der Waals surface area contributed by atoms with Gasteiger partial charge in [0.15, 0.2) is 0 Å². The summed E-state index contributed by atoms with van der Waals surface area (Å²) < 4.78 is 6.33. The Bertz CT molecular complexity index is 449. The highest BCUT2D eigenvalue weighted by molar-refractivity contribution is 9.10. The zero-order chi connectivity index (χ0) is 15.1. The Labute approximate surface area is 129 Å². The Kier molecular flexibility index (Phi) is 7.02. The van der Waals surface area contributed by atoms with Crippen molar-refractivity contribution < 1.29 is 9.53 Å². The third-order valence-electron chi connectivity index (χ3n) is 3.05. The molecule has 1 amide bonds. The zero-order valence-corrected chi connectivity index (χ0v) is 14.1. The van der Waals surface area contributed by atoms with Crippen LogP contribution in [0.3, 0.4) is 0 Å². The van der Waals surface area contributed by atoms with Crippen molar-refractivity contribution in [2.75, 3.05) is 14.2 Å². The number of amides is 1. The van der Waals surface area contributed by atoms with Gasteiger partial charge in [0.1, 0.15) is 5.75 Å². The summed E-state index contributed by atoms with van der Waals surface area (Å²) in [6.07, 6.45) is 0.802. The molecule has 20 heavy (non-hydrogen) atoms. The third-order valence-corrected chi connectivity index (χ3v) is 3.54. The van der Waals surface area contributed by atoms with E-state index in [1.165, 1.54) is 0 Å². The maximum atomic E-state index is 11.9. The lowest BCUT2D eigenvalue weighted by atomic mass is 10.0. The summed E-state index contributed by atoms with van der Waals surface area (Å²) in [7, 11) is 3.31. The molecule has 0 saturated heterocycles. The number of hydrogen-bond acceptors (Lipinski definition) is 3. The van der Waals surface area contributed by atoms with Gasteiger partial charge in [0.2, 0.25) is 5.91 Å². The van der Waals surface area contributed by atoms with Crippen LogP contribution >= 0.6 is 15.9 Å². The van der Waals surface area contributed by atoms with E-state index in [1.54, 1.807) is 14.2 Å². The summed E-state index contributed by atoms with van der Waals surface area (Å²) in [5.74, 6) is 1.29. The first-order valence-corrected chi connectivity index (χ1v) is 7.54. The first-order chi connectivity index (χ1) is 9.47. The van der Waals surface area contributed by atoms with E-state index in [-0.39, 0.29) is 11.9 Å². The summed E-state index contributed by atoms with van der Waals surface area (Å²) >= 11 is 3.45. The van der Waals surface area contributed by atoms with E-state index in [1.807, 2.05) is 18.2 Å². The molecule has 112 valence electrons. The van der Waals surface area contributed by atoms with Gasteiger partial charge in [-0.25, -0.2) is 0 Å².